The summed E-state index contributed by atoms with van der Waals surface area (Å²) in [4.78, 5) is 19.4. The molecule has 0 aliphatic rings. The average molecular weight is 351 g/mol. The zero-order chi connectivity index (χ0) is 18.2. The van der Waals surface area contributed by atoms with Gasteiger partial charge in [-0.15, -0.1) is 0 Å². The molecule has 0 atom stereocenters. The number of para-hydroxylation sites is 1. The monoisotopic (exact) mass is 351 g/mol. The van der Waals surface area contributed by atoms with Crippen LogP contribution in [-0.4, -0.2) is 47.7 Å². The maximum atomic E-state index is 12.8. The van der Waals surface area contributed by atoms with Gasteiger partial charge in [0.25, 0.3) is 0 Å². The second-order valence-electron chi connectivity index (χ2n) is 5.73. The fraction of sp³-hybridized carbons (Fsp3) is 0.412. The smallest absolute Gasteiger partial charge is 0.319 e. The number of carbonyl (C=O) groups excluding carboxylic acids is 1. The number of nitrogens with zero attached hydrogens (tertiary/aromatic N) is 4. The van der Waals surface area contributed by atoms with Crippen LogP contribution in [0.2, 0.25) is 0 Å². The van der Waals surface area contributed by atoms with E-state index in [0.29, 0.717) is 6.54 Å². The molecule has 6 nitrogen and oxygen atoms in total. The molecule has 0 aliphatic heterocycles. The standard InChI is InChI=1S/C17H23F2N5O/c1-22(14-7-4-3-5-8-14)11-6-9-21-17(25)23(2)13-15-20-10-12-24(15)16(18)19/h3-5,7-8,10,12,16H,6,9,11,13H2,1-2H3,(H,21,25). The van der Waals surface area contributed by atoms with Crippen LogP contribution in [0.25, 0.3) is 0 Å². The summed E-state index contributed by atoms with van der Waals surface area (Å²) in [5.41, 5.74) is 1.12. The second-order valence-corrected chi connectivity index (χ2v) is 5.73. The van der Waals surface area contributed by atoms with Crippen molar-refractivity contribution in [1.82, 2.24) is 19.8 Å². The summed E-state index contributed by atoms with van der Waals surface area (Å²) in [7, 11) is 3.55. The Bertz CT molecular complexity index is 662. The van der Waals surface area contributed by atoms with Crippen LogP contribution in [0.5, 0.6) is 0 Å². The first-order valence-electron chi connectivity index (χ1n) is 8.04. The van der Waals surface area contributed by atoms with E-state index in [0.717, 1.165) is 23.2 Å². The summed E-state index contributed by atoms with van der Waals surface area (Å²) >= 11 is 0. The van der Waals surface area contributed by atoms with E-state index in [1.54, 1.807) is 7.05 Å². The van der Waals surface area contributed by atoms with E-state index in [1.165, 1.54) is 17.3 Å². The van der Waals surface area contributed by atoms with Gasteiger partial charge < -0.3 is 15.1 Å². The van der Waals surface area contributed by atoms with Gasteiger partial charge in [0.1, 0.15) is 5.82 Å². The third-order valence-electron chi connectivity index (χ3n) is 3.83. The van der Waals surface area contributed by atoms with Crippen molar-refractivity contribution in [1.29, 1.82) is 0 Å². The number of nitrogens with one attached hydrogen (secondary N) is 1. The van der Waals surface area contributed by atoms with E-state index in [9.17, 15) is 13.6 Å². The number of anilines is 1. The number of amides is 2. The zero-order valence-corrected chi connectivity index (χ0v) is 14.4. The molecule has 2 rings (SSSR count). The molecule has 136 valence electrons. The Balaban J connectivity index is 1.72. The molecule has 1 N–H and O–H groups in total. The minimum absolute atomic E-state index is 0.0209. The van der Waals surface area contributed by atoms with Gasteiger partial charge in [-0.2, -0.15) is 8.78 Å². The van der Waals surface area contributed by atoms with Gasteiger partial charge in [0.05, 0.1) is 6.54 Å². The van der Waals surface area contributed by atoms with Crippen molar-refractivity contribution >= 4 is 11.7 Å². The largest absolute Gasteiger partial charge is 0.375 e. The number of rotatable bonds is 8. The number of hydrogen-bond donors (Lipinski definition) is 1. The lowest BCUT2D eigenvalue weighted by Gasteiger charge is -2.21. The Morgan fingerprint density at radius 1 is 1.28 bits per heavy atom. The maximum absolute atomic E-state index is 12.8. The SMILES string of the molecule is CN(Cc1nccn1C(F)F)C(=O)NCCCN(C)c1ccccc1. The lowest BCUT2D eigenvalue weighted by Crippen LogP contribution is -2.38. The molecule has 8 heteroatoms. The van der Waals surface area contributed by atoms with E-state index >= 15 is 0 Å². The quantitative estimate of drug-likeness (QED) is 0.744. The predicted octanol–water partition coefficient (Wildman–Crippen LogP) is 2.95. The third kappa shape index (κ3) is 5.44. The summed E-state index contributed by atoms with van der Waals surface area (Å²) in [5, 5.41) is 2.79. The van der Waals surface area contributed by atoms with Crippen molar-refractivity contribution in [3.63, 3.8) is 0 Å². The molecule has 1 heterocycles. The maximum Gasteiger partial charge on any atom is 0.319 e. The number of hydrogen-bond acceptors (Lipinski definition) is 3. The Morgan fingerprint density at radius 2 is 2.00 bits per heavy atom. The lowest BCUT2D eigenvalue weighted by atomic mass is 10.3. The van der Waals surface area contributed by atoms with E-state index < -0.39 is 6.55 Å². The number of urea groups is 1. The zero-order valence-electron chi connectivity index (χ0n) is 14.4. The van der Waals surface area contributed by atoms with Crippen LogP contribution in [-0.2, 0) is 6.54 Å². The molecule has 0 saturated carbocycles. The van der Waals surface area contributed by atoms with Gasteiger partial charge in [-0.25, -0.2) is 9.78 Å². The minimum atomic E-state index is -2.66. The molecular formula is C17H23F2N5O. The van der Waals surface area contributed by atoms with Crippen LogP contribution in [0.1, 0.15) is 18.8 Å². The van der Waals surface area contributed by atoms with Gasteiger partial charge in [-0.05, 0) is 18.6 Å². The lowest BCUT2D eigenvalue weighted by molar-refractivity contribution is 0.0651. The fourth-order valence-electron chi connectivity index (χ4n) is 2.39. The van der Waals surface area contributed by atoms with Gasteiger partial charge in [0.15, 0.2) is 0 Å². The number of halogens is 2. The third-order valence-corrected chi connectivity index (χ3v) is 3.83. The van der Waals surface area contributed by atoms with Crippen LogP contribution in [0.15, 0.2) is 42.7 Å². The molecule has 1 aromatic heterocycles. The molecule has 0 unspecified atom stereocenters. The van der Waals surface area contributed by atoms with Crippen LogP contribution < -0.4 is 10.2 Å². The summed E-state index contributed by atoms with van der Waals surface area (Å²) in [5.74, 6) is 0.150. The van der Waals surface area contributed by atoms with Crippen LogP contribution in [0, 0.1) is 0 Å². The van der Waals surface area contributed by atoms with E-state index in [4.69, 9.17) is 0 Å². The highest BCUT2D eigenvalue weighted by atomic mass is 19.3. The molecular weight excluding hydrogens is 328 g/mol. The first kappa shape index (κ1) is 18.7. The molecule has 25 heavy (non-hydrogen) atoms. The van der Waals surface area contributed by atoms with Crippen LogP contribution >= 0.6 is 0 Å². The molecule has 0 bridgehead atoms. The van der Waals surface area contributed by atoms with Crippen molar-refractivity contribution in [2.24, 2.45) is 0 Å². The number of aromatic nitrogens is 2. The topological polar surface area (TPSA) is 53.4 Å². The minimum Gasteiger partial charge on any atom is -0.375 e. The molecule has 0 spiro atoms. The highest BCUT2D eigenvalue weighted by molar-refractivity contribution is 5.73. The first-order valence-corrected chi connectivity index (χ1v) is 8.04. The molecule has 0 fully saturated rings. The summed E-state index contributed by atoms with van der Waals surface area (Å²) in [6.45, 7) is -1.34. The molecule has 0 radical (unpaired) electrons. The van der Waals surface area contributed by atoms with E-state index in [2.05, 4.69) is 15.2 Å². The first-order chi connectivity index (χ1) is 12.0. The van der Waals surface area contributed by atoms with Gasteiger partial charge >= 0.3 is 12.6 Å². The van der Waals surface area contributed by atoms with Crippen molar-refractivity contribution in [3.8, 4) is 0 Å². The highest BCUT2D eigenvalue weighted by Crippen LogP contribution is 2.13. The van der Waals surface area contributed by atoms with Gasteiger partial charge in [-0.1, -0.05) is 18.2 Å². The van der Waals surface area contributed by atoms with Gasteiger partial charge in [0, 0.05) is 45.3 Å². The number of carbonyl (C=O) groups is 1. The normalized spacial score (nSPS) is 10.8. The molecule has 2 amide bonds. The summed E-state index contributed by atoms with van der Waals surface area (Å²) in [6, 6.07) is 9.66. The van der Waals surface area contributed by atoms with Crippen molar-refractivity contribution in [2.75, 3.05) is 32.1 Å². The van der Waals surface area contributed by atoms with Crippen LogP contribution in [0.3, 0.4) is 0 Å². The molecule has 2 aromatic rings. The van der Waals surface area contributed by atoms with Gasteiger partial charge in [0.2, 0.25) is 0 Å². The summed E-state index contributed by atoms with van der Waals surface area (Å²) in [6.07, 6.45) is 3.27. The molecule has 0 aliphatic carbocycles. The Morgan fingerprint density at radius 3 is 2.68 bits per heavy atom. The Kier molecular flexibility index (Phi) is 6.73. The fourth-order valence-corrected chi connectivity index (χ4v) is 2.39. The highest BCUT2D eigenvalue weighted by Gasteiger charge is 2.15. The van der Waals surface area contributed by atoms with E-state index in [-0.39, 0.29) is 18.4 Å². The molecule has 1 aromatic carbocycles. The van der Waals surface area contributed by atoms with Crippen molar-refractivity contribution < 1.29 is 13.6 Å². The van der Waals surface area contributed by atoms with E-state index in [1.807, 2.05) is 37.4 Å². The molecule has 0 saturated heterocycles. The second kappa shape index (κ2) is 9.00. The Hall–Kier alpha value is -2.64. The number of benzene rings is 1. The average Bonchev–Trinajstić information content (AvgIpc) is 3.07. The Labute approximate surface area is 146 Å². The summed E-state index contributed by atoms with van der Waals surface area (Å²) < 4.78 is 26.3. The number of alkyl halides is 2. The predicted molar refractivity (Wildman–Crippen MR) is 92.7 cm³/mol. The van der Waals surface area contributed by atoms with Crippen LogP contribution in [0.4, 0.5) is 19.3 Å². The van der Waals surface area contributed by atoms with Crippen molar-refractivity contribution in [3.05, 3.63) is 48.5 Å². The van der Waals surface area contributed by atoms with Crippen molar-refractivity contribution in [2.45, 2.75) is 19.5 Å². The number of imidazole rings is 1. The van der Waals surface area contributed by atoms with Gasteiger partial charge in [-0.3, -0.25) is 4.57 Å².